The zero-order chi connectivity index (χ0) is 8.10. The minimum absolute atomic E-state index is 0.249. The number of methoxy groups -OCH3 is 1. The van der Waals surface area contributed by atoms with Gasteiger partial charge in [0.15, 0.2) is 0 Å². The molecule has 2 nitrogen and oxygen atoms in total. The molecule has 0 radical (unpaired) electrons. The van der Waals surface area contributed by atoms with Crippen molar-refractivity contribution in [3.05, 3.63) is 16.3 Å². The summed E-state index contributed by atoms with van der Waals surface area (Å²) >= 11 is 1.63. The number of hydrogen-bond donors (Lipinski definition) is 1. The Morgan fingerprint density at radius 2 is 2.36 bits per heavy atom. The predicted molar refractivity (Wildman–Crippen MR) is 46.3 cm³/mol. The number of rotatable bonds is 4. The second kappa shape index (κ2) is 4.36. The van der Waals surface area contributed by atoms with Gasteiger partial charge in [0.25, 0.3) is 0 Å². The van der Waals surface area contributed by atoms with Crippen LogP contribution in [0.2, 0.25) is 0 Å². The molecular weight excluding hydrogens is 160 g/mol. The Morgan fingerprint density at radius 1 is 1.55 bits per heavy atom. The van der Waals surface area contributed by atoms with Crippen molar-refractivity contribution >= 4 is 11.3 Å². The highest BCUT2D eigenvalue weighted by molar-refractivity contribution is 7.08. The van der Waals surface area contributed by atoms with Gasteiger partial charge in [-0.15, -0.1) is 11.3 Å². The fourth-order valence-electron chi connectivity index (χ4n) is 0.943. The lowest BCUT2D eigenvalue weighted by molar-refractivity contribution is 0.288. The molecule has 0 aliphatic rings. The molecule has 0 bridgehead atoms. The van der Waals surface area contributed by atoms with Crippen LogP contribution in [-0.4, -0.2) is 18.8 Å². The van der Waals surface area contributed by atoms with Gasteiger partial charge in [-0.1, -0.05) is 0 Å². The molecule has 1 rings (SSSR count). The summed E-state index contributed by atoms with van der Waals surface area (Å²) in [4.78, 5) is 0. The molecule has 1 heterocycles. The summed E-state index contributed by atoms with van der Waals surface area (Å²) < 4.78 is 5.11. The van der Waals surface area contributed by atoms with Gasteiger partial charge in [0.2, 0.25) is 0 Å². The van der Waals surface area contributed by atoms with Gasteiger partial charge < -0.3 is 9.84 Å². The maximum absolute atomic E-state index is 8.59. The highest BCUT2D eigenvalue weighted by Gasteiger charge is 2.01. The minimum Gasteiger partial charge on any atom is -0.496 e. The maximum Gasteiger partial charge on any atom is 0.132 e. The van der Waals surface area contributed by atoms with Gasteiger partial charge in [-0.2, -0.15) is 0 Å². The van der Waals surface area contributed by atoms with E-state index in [1.54, 1.807) is 18.4 Å². The van der Waals surface area contributed by atoms with E-state index in [4.69, 9.17) is 9.84 Å². The smallest absolute Gasteiger partial charge is 0.132 e. The summed E-state index contributed by atoms with van der Waals surface area (Å²) in [5.41, 5.74) is 1.20. The molecule has 0 fully saturated rings. The number of aryl methyl sites for hydroxylation is 1. The topological polar surface area (TPSA) is 29.5 Å². The fourth-order valence-corrected chi connectivity index (χ4v) is 1.78. The van der Waals surface area contributed by atoms with Crippen molar-refractivity contribution in [2.45, 2.75) is 12.8 Å². The average molecular weight is 172 g/mol. The second-order valence-corrected chi connectivity index (χ2v) is 3.04. The van der Waals surface area contributed by atoms with E-state index in [0.29, 0.717) is 0 Å². The molecule has 0 atom stereocenters. The molecule has 3 heteroatoms. The van der Waals surface area contributed by atoms with E-state index in [2.05, 4.69) is 5.38 Å². The summed E-state index contributed by atoms with van der Waals surface area (Å²) in [6, 6.07) is 0. The summed E-state index contributed by atoms with van der Waals surface area (Å²) in [5.74, 6) is 0.948. The molecule has 0 spiro atoms. The first kappa shape index (κ1) is 8.56. The molecule has 1 aromatic rings. The van der Waals surface area contributed by atoms with Crippen molar-refractivity contribution in [2.24, 2.45) is 0 Å². The van der Waals surface area contributed by atoms with Gasteiger partial charge in [-0.05, 0) is 18.2 Å². The normalized spacial score (nSPS) is 10.0. The number of aliphatic hydroxyl groups is 1. The summed E-state index contributed by atoms with van der Waals surface area (Å²) in [6.07, 6.45) is 1.72. The molecule has 0 aliphatic heterocycles. The maximum atomic E-state index is 8.59. The average Bonchev–Trinajstić information content (AvgIpc) is 2.47. The molecular formula is C8H12O2S. The molecule has 1 aromatic heterocycles. The van der Waals surface area contributed by atoms with Crippen molar-refractivity contribution < 1.29 is 9.84 Å². The van der Waals surface area contributed by atoms with E-state index >= 15 is 0 Å². The first-order valence-electron chi connectivity index (χ1n) is 3.58. The predicted octanol–water partition coefficient (Wildman–Crippen LogP) is 1.68. The van der Waals surface area contributed by atoms with Crippen LogP contribution >= 0.6 is 11.3 Å². The van der Waals surface area contributed by atoms with Gasteiger partial charge in [0.1, 0.15) is 5.75 Å². The molecule has 0 saturated heterocycles. The highest BCUT2D eigenvalue weighted by Crippen LogP contribution is 2.23. The number of thiophene rings is 1. The molecule has 0 aliphatic carbocycles. The van der Waals surface area contributed by atoms with Crippen molar-refractivity contribution in [3.63, 3.8) is 0 Å². The van der Waals surface area contributed by atoms with Crippen molar-refractivity contribution in [1.82, 2.24) is 0 Å². The first-order chi connectivity index (χ1) is 5.38. The van der Waals surface area contributed by atoms with Crippen LogP contribution in [0.5, 0.6) is 5.75 Å². The second-order valence-electron chi connectivity index (χ2n) is 2.29. The third-order valence-electron chi connectivity index (χ3n) is 1.53. The Morgan fingerprint density at radius 3 is 3.00 bits per heavy atom. The monoisotopic (exact) mass is 172 g/mol. The molecule has 0 unspecified atom stereocenters. The van der Waals surface area contributed by atoms with Crippen molar-refractivity contribution in [2.75, 3.05) is 13.7 Å². The van der Waals surface area contributed by atoms with E-state index < -0.39 is 0 Å². The molecule has 11 heavy (non-hydrogen) atoms. The van der Waals surface area contributed by atoms with Crippen molar-refractivity contribution in [3.8, 4) is 5.75 Å². The van der Waals surface area contributed by atoms with Crippen LogP contribution in [0.3, 0.4) is 0 Å². The Hall–Kier alpha value is -0.540. The van der Waals surface area contributed by atoms with Crippen LogP contribution in [-0.2, 0) is 6.42 Å². The molecule has 1 N–H and O–H groups in total. The van der Waals surface area contributed by atoms with Crippen LogP contribution in [0.15, 0.2) is 10.8 Å². The Balaban J connectivity index is 2.54. The fraction of sp³-hybridized carbons (Fsp3) is 0.500. The Kier molecular flexibility index (Phi) is 3.39. The van der Waals surface area contributed by atoms with E-state index in [9.17, 15) is 0 Å². The van der Waals surface area contributed by atoms with E-state index in [-0.39, 0.29) is 6.61 Å². The third-order valence-corrected chi connectivity index (χ3v) is 2.30. The van der Waals surface area contributed by atoms with Crippen LogP contribution in [0, 0.1) is 0 Å². The highest BCUT2D eigenvalue weighted by atomic mass is 32.1. The minimum atomic E-state index is 0.249. The molecule has 0 aromatic carbocycles. The lowest BCUT2D eigenvalue weighted by Gasteiger charge is -1.99. The summed E-state index contributed by atoms with van der Waals surface area (Å²) in [6.45, 7) is 0.249. The zero-order valence-corrected chi connectivity index (χ0v) is 7.36. The largest absolute Gasteiger partial charge is 0.496 e. The lowest BCUT2D eigenvalue weighted by Crippen LogP contribution is -1.90. The SMILES string of the molecule is COc1cscc1CCCO. The number of aliphatic hydroxyl groups excluding tert-OH is 1. The Labute approximate surface area is 70.4 Å². The lowest BCUT2D eigenvalue weighted by atomic mass is 10.2. The van der Waals surface area contributed by atoms with Gasteiger partial charge in [0, 0.05) is 17.6 Å². The van der Waals surface area contributed by atoms with Gasteiger partial charge in [0.05, 0.1) is 7.11 Å². The van der Waals surface area contributed by atoms with Crippen LogP contribution in [0.25, 0.3) is 0 Å². The molecule has 0 amide bonds. The Bertz CT molecular complexity index is 208. The van der Waals surface area contributed by atoms with Gasteiger partial charge >= 0.3 is 0 Å². The standard InChI is InChI=1S/C8H12O2S/c1-10-8-6-11-5-7(8)3-2-4-9/h5-6,9H,2-4H2,1H3. The number of hydrogen-bond acceptors (Lipinski definition) is 3. The quantitative estimate of drug-likeness (QED) is 0.748. The zero-order valence-electron chi connectivity index (χ0n) is 6.54. The summed E-state index contributed by atoms with van der Waals surface area (Å²) in [5, 5.41) is 12.6. The van der Waals surface area contributed by atoms with Gasteiger partial charge in [-0.3, -0.25) is 0 Å². The van der Waals surface area contributed by atoms with E-state index in [1.807, 2.05) is 5.38 Å². The van der Waals surface area contributed by atoms with Crippen LogP contribution < -0.4 is 4.74 Å². The summed E-state index contributed by atoms with van der Waals surface area (Å²) in [7, 11) is 1.67. The molecule has 62 valence electrons. The van der Waals surface area contributed by atoms with E-state index in [1.165, 1.54) is 5.56 Å². The van der Waals surface area contributed by atoms with Gasteiger partial charge in [-0.25, -0.2) is 0 Å². The van der Waals surface area contributed by atoms with Crippen molar-refractivity contribution in [1.29, 1.82) is 0 Å². The molecule has 0 saturated carbocycles. The van der Waals surface area contributed by atoms with Crippen LogP contribution in [0.1, 0.15) is 12.0 Å². The van der Waals surface area contributed by atoms with E-state index in [0.717, 1.165) is 18.6 Å². The van der Waals surface area contributed by atoms with Crippen LogP contribution in [0.4, 0.5) is 0 Å². The first-order valence-corrected chi connectivity index (χ1v) is 4.52. The number of ether oxygens (including phenoxy) is 1. The third kappa shape index (κ3) is 2.20.